The minimum Gasteiger partial charge on any atom is -0.337 e. The van der Waals surface area contributed by atoms with Crippen molar-refractivity contribution in [1.29, 1.82) is 0 Å². The highest BCUT2D eigenvalue weighted by molar-refractivity contribution is 8.13. The molecule has 1 N–H and O–H groups in total. The highest BCUT2D eigenvalue weighted by Gasteiger charge is 2.30. The van der Waals surface area contributed by atoms with Gasteiger partial charge in [0.2, 0.25) is 0 Å². The maximum Gasteiger partial charge on any atom is 0.275 e. The second-order valence-corrected chi connectivity index (χ2v) is 7.73. The number of H-pyrrole nitrogens is 1. The van der Waals surface area contributed by atoms with Gasteiger partial charge in [-0.15, -0.1) is 0 Å². The van der Waals surface area contributed by atoms with Crippen molar-refractivity contribution in [3.05, 3.63) is 11.4 Å². The van der Waals surface area contributed by atoms with Gasteiger partial charge in [0.1, 0.15) is 4.90 Å². The van der Waals surface area contributed by atoms with E-state index in [0.29, 0.717) is 25.2 Å². The van der Waals surface area contributed by atoms with Crippen LogP contribution in [0.5, 0.6) is 0 Å². The first-order valence-electron chi connectivity index (χ1n) is 7.26. The van der Waals surface area contributed by atoms with E-state index in [1.54, 1.807) is 11.8 Å². The molecule has 0 atom stereocenters. The van der Waals surface area contributed by atoms with Crippen molar-refractivity contribution in [2.24, 2.45) is 0 Å². The molecule has 0 radical (unpaired) electrons. The summed E-state index contributed by atoms with van der Waals surface area (Å²) >= 11 is 0. The van der Waals surface area contributed by atoms with Crippen LogP contribution in [0.25, 0.3) is 0 Å². The molecule has 0 aromatic carbocycles. The van der Waals surface area contributed by atoms with Crippen LogP contribution >= 0.6 is 10.7 Å². The number of rotatable bonds is 3. The fraction of sp³-hybridized carbons (Fsp3) is 0.692. The number of aromatic amines is 1. The van der Waals surface area contributed by atoms with E-state index in [4.69, 9.17) is 10.7 Å². The minimum absolute atomic E-state index is 0.0811. The Balaban J connectivity index is 2.32. The fourth-order valence-electron chi connectivity index (χ4n) is 2.62. The van der Waals surface area contributed by atoms with Gasteiger partial charge in [-0.1, -0.05) is 26.2 Å². The molecule has 0 bridgehead atoms. The lowest BCUT2D eigenvalue weighted by atomic mass is 10.1. The van der Waals surface area contributed by atoms with Gasteiger partial charge in [-0.25, -0.2) is 8.42 Å². The fourth-order valence-corrected chi connectivity index (χ4v) is 3.96. The van der Waals surface area contributed by atoms with Crippen LogP contribution in [0.1, 0.15) is 55.2 Å². The minimum atomic E-state index is -4.00. The van der Waals surface area contributed by atoms with E-state index < -0.39 is 9.05 Å². The van der Waals surface area contributed by atoms with Crippen LogP contribution in [-0.2, 0) is 15.5 Å². The molecule has 1 aliphatic rings. The summed E-state index contributed by atoms with van der Waals surface area (Å²) in [5.74, 6) is -0.355. The Bertz CT molecular complexity index is 604. The number of carbonyl (C=O) groups is 1. The van der Waals surface area contributed by atoms with Crippen LogP contribution in [0, 0.1) is 0 Å². The van der Waals surface area contributed by atoms with Crippen LogP contribution < -0.4 is 0 Å². The molecule has 0 spiro atoms. The van der Waals surface area contributed by atoms with E-state index in [2.05, 4.69) is 10.2 Å². The molecular formula is C13H20ClN3O3S. The lowest BCUT2D eigenvalue weighted by molar-refractivity contribution is 0.0732. The van der Waals surface area contributed by atoms with E-state index in [-0.39, 0.29) is 16.5 Å². The molecule has 0 aliphatic carbocycles. The lowest BCUT2D eigenvalue weighted by Gasteiger charge is -2.24. The van der Waals surface area contributed by atoms with Crippen molar-refractivity contribution in [1.82, 2.24) is 15.1 Å². The summed E-state index contributed by atoms with van der Waals surface area (Å²) < 4.78 is 23.5. The lowest BCUT2D eigenvalue weighted by Crippen LogP contribution is -2.34. The zero-order valence-corrected chi connectivity index (χ0v) is 13.6. The van der Waals surface area contributed by atoms with E-state index in [1.165, 1.54) is 6.42 Å². The molecule has 2 heterocycles. The summed E-state index contributed by atoms with van der Waals surface area (Å²) in [6.45, 7) is 3.05. The molecule has 0 saturated carbocycles. The number of nitrogens with zero attached hydrogens (tertiary/aromatic N) is 2. The van der Waals surface area contributed by atoms with E-state index in [9.17, 15) is 13.2 Å². The molecule has 0 unspecified atom stereocenters. The number of amides is 1. The van der Waals surface area contributed by atoms with Gasteiger partial charge in [-0.2, -0.15) is 5.10 Å². The maximum atomic E-state index is 12.6. The van der Waals surface area contributed by atoms with Crippen molar-refractivity contribution in [3.63, 3.8) is 0 Å². The van der Waals surface area contributed by atoms with Gasteiger partial charge >= 0.3 is 0 Å². The Morgan fingerprint density at radius 3 is 2.33 bits per heavy atom. The quantitative estimate of drug-likeness (QED) is 0.860. The zero-order valence-electron chi connectivity index (χ0n) is 12.1. The Morgan fingerprint density at radius 1 is 1.24 bits per heavy atom. The molecule has 2 rings (SSSR count). The van der Waals surface area contributed by atoms with Crippen molar-refractivity contribution < 1.29 is 13.2 Å². The predicted octanol–water partition coefficient (Wildman–Crippen LogP) is 2.31. The number of nitrogens with one attached hydrogen (secondary N) is 1. The number of carbonyl (C=O) groups excluding carboxylic acids is 1. The average molecular weight is 334 g/mol. The second-order valence-electron chi connectivity index (χ2n) is 5.23. The molecule has 6 nitrogen and oxygen atoms in total. The zero-order chi connectivity index (χ0) is 15.5. The smallest absolute Gasteiger partial charge is 0.275 e. The molecule has 8 heteroatoms. The second kappa shape index (κ2) is 6.79. The molecule has 21 heavy (non-hydrogen) atoms. The summed E-state index contributed by atoms with van der Waals surface area (Å²) in [5, 5.41) is 6.52. The standard InChI is InChI=1S/C13H20ClN3O3S/c1-2-10-12(21(14,19)20)11(16-15-10)13(18)17-8-6-4-3-5-7-9-17/h2-9H2,1H3,(H,15,16). The highest BCUT2D eigenvalue weighted by Crippen LogP contribution is 2.24. The van der Waals surface area contributed by atoms with Crippen LogP contribution in [-0.4, -0.2) is 42.5 Å². The highest BCUT2D eigenvalue weighted by atomic mass is 35.7. The SMILES string of the molecule is CCc1[nH]nc(C(=O)N2CCCCCCC2)c1S(=O)(=O)Cl. The van der Waals surface area contributed by atoms with Crippen molar-refractivity contribution in [2.75, 3.05) is 13.1 Å². The maximum absolute atomic E-state index is 12.6. The van der Waals surface area contributed by atoms with Gasteiger partial charge in [0.05, 0.1) is 5.69 Å². The monoisotopic (exact) mass is 333 g/mol. The number of aryl methyl sites for hydroxylation is 1. The Hall–Kier alpha value is -1.08. The van der Waals surface area contributed by atoms with E-state index >= 15 is 0 Å². The van der Waals surface area contributed by atoms with Crippen LogP contribution in [0.4, 0.5) is 0 Å². The van der Waals surface area contributed by atoms with Crippen molar-refractivity contribution in [2.45, 2.75) is 50.3 Å². The van der Waals surface area contributed by atoms with Gasteiger partial charge < -0.3 is 4.90 Å². The van der Waals surface area contributed by atoms with E-state index in [1.807, 2.05) is 0 Å². The van der Waals surface area contributed by atoms with E-state index in [0.717, 1.165) is 25.7 Å². The van der Waals surface area contributed by atoms with Crippen LogP contribution in [0.2, 0.25) is 0 Å². The topological polar surface area (TPSA) is 83.1 Å². The molecule has 1 amide bonds. The number of hydrogen-bond acceptors (Lipinski definition) is 4. The van der Waals surface area contributed by atoms with Gasteiger partial charge in [-0.05, 0) is 19.3 Å². The number of halogens is 1. The molecule has 1 aliphatic heterocycles. The van der Waals surface area contributed by atoms with Crippen molar-refractivity contribution >= 4 is 25.6 Å². The first kappa shape index (κ1) is 16.3. The number of likely N-dealkylation sites (tertiary alicyclic amines) is 1. The molecule has 1 aromatic rings. The van der Waals surface area contributed by atoms with Crippen LogP contribution in [0.15, 0.2) is 4.90 Å². The summed E-state index contributed by atoms with van der Waals surface area (Å²) in [6.07, 6.45) is 5.64. The number of aromatic nitrogens is 2. The van der Waals surface area contributed by atoms with Crippen LogP contribution in [0.3, 0.4) is 0 Å². The predicted molar refractivity (Wildman–Crippen MR) is 80.0 cm³/mol. The largest absolute Gasteiger partial charge is 0.337 e. The average Bonchev–Trinajstić information content (AvgIpc) is 2.81. The third-order valence-corrected chi connectivity index (χ3v) is 5.13. The van der Waals surface area contributed by atoms with Gasteiger partial charge in [-0.3, -0.25) is 9.89 Å². The number of hydrogen-bond donors (Lipinski definition) is 1. The van der Waals surface area contributed by atoms with Gasteiger partial charge in [0.15, 0.2) is 5.69 Å². The third-order valence-electron chi connectivity index (χ3n) is 3.74. The summed E-state index contributed by atoms with van der Waals surface area (Å²) in [7, 11) is 1.47. The molecule has 1 fully saturated rings. The Kier molecular flexibility index (Phi) is 5.27. The first-order valence-corrected chi connectivity index (χ1v) is 9.57. The molecule has 118 valence electrons. The third kappa shape index (κ3) is 3.77. The van der Waals surface area contributed by atoms with Crippen molar-refractivity contribution in [3.8, 4) is 0 Å². The summed E-state index contributed by atoms with van der Waals surface area (Å²) in [6, 6.07) is 0. The normalized spacial score (nSPS) is 17.3. The Morgan fingerprint density at radius 2 is 1.81 bits per heavy atom. The molecule has 1 saturated heterocycles. The summed E-state index contributed by atoms with van der Waals surface area (Å²) in [4.78, 5) is 14.1. The summed E-state index contributed by atoms with van der Waals surface area (Å²) in [5.41, 5.74) is 0.294. The Labute approximate surface area is 129 Å². The van der Waals surface area contributed by atoms with Gasteiger partial charge in [0.25, 0.3) is 15.0 Å². The van der Waals surface area contributed by atoms with Gasteiger partial charge in [0, 0.05) is 23.8 Å². The molecule has 1 aromatic heterocycles. The molecular weight excluding hydrogens is 314 g/mol. The first-order chi connectivity index (χ1) is 9.95.